The van der Waals surface area contributed by atoms with Crippen LogP contribution in [0, 0.1) is 12.7 Å². The minimum atomic E-state index is -0.402. The quantitative estimate of drug-likeness (QED) is 0.774. The van der Waals surface area contributed by atoms with Gasteiger partial charge in [0.05, 0.1) is 7.11 Å². The van der Waals surface area contributed by atoms with Gasteiger partial charge in [0.25, 0.3) is 0 Å². The molecule has 2 rings (SSSR count). The molecule has 0 radical (unpaired) electrons. The molecule has 0 unspecified atom stereocenters. The Balaban J connectivity index is 2.41. The fourth-order valence-corrected chi connectivity index (χ4v) is 1.80. The summed E-state index contributed by atoms with van der Waals surface area (Å²) in [5.41, 5.74) is 1.56. The maximum Gasteiger partial charge on any atom is 0.193 e. The van der Waals surface area contributed by atoms with Crippen LogP contribution >= 0.6 is 0 Å². The largest absolute Gasteiger partial charge is 0.497 e. The normalized spacial score (nSPS) is 10.2. The summed E-state index contributed by atoms with van der Waals surface area (Å²) in [5, 5.41) is 0. The first kappa shape index (κ1) is 12.3. The average Bonchev–Trinajstić information content (AvgIpc) is 2.37. The lowest BCUT2D eigenvalue weighted by atomic mass is 10.0. The van der Waals surface area contributed by atoms with Gasteiger partial charge < -0.3 is 4.74 Å². The van der Waals surface area contributed by atoms with Gasteiger partial charge in [-0.25, -0.2) is 4.39 Å². The van der Waals surface area contributed by atoms with Crippen molar-refractivity contribution in [3.63, 3.8) is 0 Å². The van der Waals surface area contributed by atoms with Crippen molar-refractivity contribution in [3.8, 4) is 5.75 Å². The van der Waals surface area contributed by atoms with Gasteiger partial charge in [0.2, 0.25) is 0 Å². The van der Waals surface area contributed by atoms with Gasteiger partial charge in [-0.05, 0) is 42.8 Å². The van der Waals surface area contributed by atoms with E-state index < -0.39 is 5.82 Å². The summed E-state index contributed by atoms with van der Waals surface area (Å²) >= 11 is 0. The van der Waals surface area contributed by atoms with Gasteiger partial charge in [-0.2, -0.15) is 0 Å². The number of carbonyl (C=O) groups excluding carboxylic acids is 1. The van der Waals surface area contributed by atoms with Crippen LogP contribution in [0.4, 0.5) is 4.39 Å². The molecule has 0 atom stereocenters. The van der Waals surface area contributed by atoms with Gasteiger partial charge in [0.1, 0.15) is 11.6 Å². The maximum absolute atomic E-state index is 13.3. The number of rotatable bonds is 3. The Bertz CT molecular complexity index is 571. The average molecular weight is 244 g/mol. The number of carbonyl (C=O) groups is 1. The summed E-state index contributed by atoms with van der Waals surface area (Å²) in [6, 6.07) is 11.1. The molecule has 0 aliphatic rings. The molecule has 0 N–H and O–H groups in total. The standard InChI is InChI=1S/C15H13FO2/c1-10-6-12(8-13(16)7-10)15(17)11-4-3-5-14(9-11)18-2/h3-9H,1-2H3. The SMILES string of the molecule is COc1cccc(C(=O)c2cc(C)cc(F)c2)c1. The molecule has 0 spiro atoms. The lowest BCUT2D eigenvalue weighted by molar-refractivity contribution is 0.103. The molecule has 0 bridgehead atoms. The lowest BCUT2D eigenvalue weighted by Gasteiger charge is -2.05. The van der Waals surface area contributed by atoms with E-state index in [1.54, 1.807) is 37.3 Å². The molecule has 0 saturated carbocycles. The molecule has 18 heavy (non-hydrogen) atoms. The van der Waals surface area contributed by atoms with Crippen LogP contribution in [-0.4, -0.2) is 12.9 Å². The van der Waals surface area contributed by atoms with Crippen LogP contribution in [0.25, 0.3) is 0 Å². The van der Waals surface area contributed by atoms with Gasteiger partial charge in [-0.1, -0.05) is 12.1 Å². The number of aryl methyl sites for hydroxylation is 1. The molecular formula is C15H13FO2. The number of benzene rings is 2. The Kier molecular flexibility index (Phi) is 3.42. The Labute approximate surface area is 105 Å². The molecule has 2 aromatic rings. The van der Waals surface area contributed by atoms with Crippen molar-refractivity contribution in [1.29, 1.82) is 0 Å². The second-order valence-corrected chi connectivity index (χ2v) is 4.08. The maximum atomic E-state index is 13.3. The molecular weight excluding hydrogens is 231 g/mol. The van der Waals surface area contributed by atoms with E-state index >= 15 is 0 Å². The van der Waals surface area contributed by atoms with Gasteiger partial charge in [-0.15, -0.1) is 0 Å². The van der Waals surface area contributed by atoms with Crippen LogP contribution in [0.2, 0.25) is 0 Å². The summed E-state index contributed by atoms with van der Waals surface area (Å²) in [6.45, 7) is 1.76. The molecule has 3 heteroatoms. The Hall–Kier alpha value is -2.16. The van der Waals surface area contributed by atoms with Crippen LogP contribution < -0.4 is 4.74 Å². The number of ether oxygens (including phenoxy) is 1. The third kappa shape index (κ3) is 2.56. The molecule has 92 valence electrons. The van der Waals surface area contributed by atoms with E-state index in [9.17, 15) is 9.18 Å². The number of hydrogen-bond donors (Lipinski definition) is 0. The Morgan fingerprint density at radius 1 is 1.11 bits per heavy atom. The number of halogens is 1. The molecule has 2 aromatic carbocycles. The Morgan fingerprint density at radius 3 is 2.56 bits per heavy atom. The summed E-state index contributed by atoms with van der Waals surface area (Å²) in [5.74, 6) is -0.00767. The molecule has 0 heterocycles. The fraction of sp³-hybridized carbons (Fsp3) is 0.133. The molecule has 0 aliphatic carbocycles. The molecule has 0 saturated heterocycles. The van der Waals surface area contributed by atoms with E-state index in [4.69, 9.17) is 4.74 Å². The Morgan fingerprint density at radius 2 is 1.89 bits per heavy atom. The van der Waals surface area contributed by atoms with Crippen LogP contribution in [0.3, 0.4) is 0 Å². The van der Waals surface area contributed by atoms with E-state index in [0.717, 1.165) is 5.56 Å². The summed E-state index contributed by atoms with van der Waals surface area (Å²) < 4.78 is 18.3. The van der Waals surface area contributed by atoms with Crippen molar-refractivity contribution in [2.75, 3.05) is 7.11 Å². The van der Waals surface area contributed by atoms with Crippen molar-refractivity contribution in [3.05, 3.63) is 65.0 Å². The first-order valence-electron chi connectivity index (χ1n) is 5.56. The summed E-state index contributed by atoms with van der Waals surface area (Å²) in [6.07, 6.45) is 0. The topological polar surface area (TPSA) is 26.3 Å². The monoisotopic (exact) mass is 244 g/mol. The summed E-state index contributed by atoms with van der Waals surface area (Å²) in [4.78, 5) is 12.2. The van der Waals surface area contributed by atoms with E-state index in [1.165, 1.54) is 19.2 Å². The second-order valence-electron chi connectivity index (χ2n) is 4.08. The highest BCUT2D eigenvalue weighted by Gasteiger charge is 2.11. The van der Waals surface area contributed by atoms with E-state index in [0.29, 0.717) is 16.9 Å². The highest BCUT2D eigenvalue weighted by molar-refractivity contribution is 6.09. The third-order valence-electron chi connectivity index (χ3n) is 2.64. The van der Waals surface area contributed by atoms with Gasteiger partial charge in [-0.3, -0.25) is 4.79 Å². The van der Waals surface area contributed by atoms with Crippen molar-refractivity contribution < 1.29 is 13.9 Å². The molecule has 0 aliphatic heterocycles. The summed E-state index contributed by atoms with van der Waals surface area (Å²) in [7, 11) is 1.54. The van der Waals surface area contributed by atoms with Crippen molar-refractivity contribution in [2.45, 2.75) is 6.92 Å². The zero-order valence-electron chi connectivity index (χ0n) is 10.2. The second kappa shape index (κ2) is 5.00. The molecule has 0 amide bonds. The minimum Gasteiger partial charge on any atom is -0.497 e. The van der Waals surface area contributed by atoms with Crippen LogP contribution in [0.1, 0.15) is 21.5 Å². The van der Waals surface area contributed by atoms with E-state index in [-0.39, 0.29) is 5.78 Å². The van der Waals surface area contributed by atoms with Crippen molar-refractivity contribution >= 4 is 5.78 Å². The first-order chi connectivity index (χ1) is 8.60. The van der Waals surface area contributed by atoms with Gasteiger partial charge in [0.15, 0.2) is 5.78 Å². The molecule has 0 fully saturated rings. The predicted octanol–water partition coefficient (Wildman–Crippen LogP) is 3.37. The molecule has 2 nitrogen and oxygen atoms in total. The van der Waals surface area contributed by atoms with Gasteiger partial charge in [0, 0.05) is 11.1 Å². The first-order valence-corrected chi connectivity index (χ1v) is 5.56. The van der Waals surface area contributed by atoms with Gasteiger partial charge >= 0.3 is 0 Å². The van der Waals surface area contributed by atoms with Crippen molar-refractivity contribution in [2.24, 2.45) is 0 Å². The van der Waals surface area contributed by atoms with Crippen LogP contribution in [0.5, 0.6) is 5.75 Å². The lowest BCUT2D eigenvalue weighted by Crippen LogP contribution is -2.02. The van der Waals surface area contributed by atoms with Crippen LogP contribution in [-0.2, 0) is 0 Å². The zero-order chi connectivity index (χ0) is 13.1. The van der Waals surface area contributed by atoms with Crippen LogP contribution in [0.15, 0.2) is 42.5 Å². The minimum absolute atomic E-state index is 0.212. The zero-order valence-corrected chi connectivity index (χ0v) is 10.2. The number of ketones is 1. The number of methoxy groups -OCH3 is 1. The van der Waals surface area contributed by atoms with E-state index in [2.05, 4.69) is 0 Å². The highest BCUT2D eigenvalue weighted by atomic mass is 19.1. The fourth-order valence-electron chi connectivity index (χ4n) is 1.80. The number of hydrogen-bond acceptors (Lipinski definition) is 2. The highest BCUT2D eigenvalue weighted by Crippen LogP contribution is 2.17. The van der Waals surface area contributed by atoms with E-state index in [1.807, 2.05) is 0 Å². The smallest absolute Gasteiger partial charge is 0.193 e. The predicted molar refractivity (Wildman–Crippen MR) is 67.6 cm³/mol. The van der Waals surface area contributed by atoms with Crippen molar-refractivity contribution in [1.82, 2.24) is 0 Å². The molecule has 0 aromatic heterocycles. The third-order valence-corrected chi connectivity index (χ3v) is 2.64.